The second-order valence-electron chi connectivity index (χ2n) is 7.76. The summed E-state index contributed by atoms with van der Waals surface area (Å²) >= 11 is 12.4. The van der Waals surface area contributed by atoms with Crippen molar-refractivity contribution in [2.24, 2.45) is 11.8 Å². The van der Waals surface area contributed by atoms with Crippen LogP contribution >= 0.6 is 23.2 Å². The zero-order valence-corrected chi connectivity index (χ0v) is 16.9. The average Bonchev–Trinajstić information content (AvgIpc) is 3.37. The number of hydrogen-bond donors (Lipinski definition) is 0. The van der Waals surface area contributed by atoms with Gasteiger partial charge >= 0.3 is 0 Å². The highest BCUT2D eigenvalue weighted by molar-refractivity contribution is 6.45. The lowest BCUT2D eigenvalue weighted by Gasteiger charge is -2.27. The molecule has 5 rings (SSSR count). The van der Waals surface area contributed by atoms with Gasteiger partial charge in [-0.3, -0.25) is 19.3 Å². The topological polar surface area (TPSA) is 57.7 Å². The highest BCUT2D eigenvalue weighted by Gasteiger charge is 2.64. The SMILES string of the molecule is O=C(c1ccccc1)[C@@H]1[C@@H]2C(=O)N(c3cccc(Cl)c3Cl)C(=O)[C@@H]2[C@H]2CCCN21. The van der Waals surface area contributed by atoms with E-state index in [-0.39, 0.29) is 33.7 Å². The maximum Gasteiger partial charge on any atom is 0.239 e. The number of hydrogen-bond acceptors (Lipinski definition) is 4. The fourth-order valence-corrected chi connectivity index (χ4v) is 5.57. The van der Waals surface area contributed by atoms with Gasteiger partial charge in [-0.15, -0.1) is 0 Å². The first kappa shape index (κ1) is 18.8. The number of amides is 2. The van der Waals surface area contributed by atoms with Crippen LogP contribution in [0, 0.1) is 11.8 Å². The molecule has 2 amide bonds. The van der Waals surface area contributed by atoms with Crippen molar-refractivity contribution in [2.45, 2.75) is 24.9 Å². The molecule has 3 fully saturated rings. The summed E-state index contributed by atoms with van der Waals surface area (Å²) in [6.45, 7) is 0.722. The van der Waals surface area contributed by atoms with E-state index in [1.54, 1.807) is 42.5 Å². The molecule has 0 N–H and O–H groups in total. The Morgan fingerprint density at radius 1 is 0.931 bits per heavy atom. The highest BCUT2D eigenvalue weighted by Crippen LogP contribution is 2.49. The van der Waals surface area contributed by atoms with Crippen molar-refractivity contribution in [2.75, 3.05) is 11.4 Å². The third-order valence-corrected chi connectivity index (χ3v) is 7.16. The molecular weight excluding hydrogens is 411 g/mol. The molecule has 0 unspecified atom stereocenters. The first-order valence-corrected chi connectivity index (χ1v) is 10.4. The Labute approximate surface area is 178 Å². The number of imide groups is 1. The lowest BCUT2D eigenvalue weighted by Crippen LogP contribution is -2.46. The molecule has 29 heavy (non-hydrogen) atoms. The predicted octanol–water partition coefficient (Wildman–Crippen LogP) is 3.83. The number of anilines is 1. The molecule has 2 aromatic carbocycles. The van der Waals surface area contributed by atoms with Crippen LogP contribution in [0.1, 0.15) is 23.2 Å². The zero-order valence-electron chi connectivity index (χ0n) is 15.4. The van der Waals surface area contributed by atoms with Gasteiger partial charge in [-0.25, -0.2) is 4.90 Å². The van der Waals surface area contributed by atoms with E-state index < -0.39 is 17.9 Å². The van der Waals surface area contributed by atoms with Gasteiger partial charge in [-0.05, 0) is 31.5 Å². The van der Waals surface area contributed by atoms with Crippen LogP contribution in [0.15, 0.2) is 48.5 Å². The molecule has 0 saturated carbocycles. The Balaban J connectivity index is 1.58. The Bertz CT molecular complexity index is 1030. The van der Waals surface area contributed by atoms with Crippen molar-refractivity contribution in [1.29, 1.82) is 0 Å². The monoisotopic (exact) mass is 428 g/mol. The summed E-state index contributed by atoms with van der Waals surface area (Å²) < 4.78 is 0. The van der Waals surface area contributed by atoms with E-state index in [1.165, 1.54) is 0 Å². The summed E-state index contributed by atoms with van der Waals surface area (Å²) in [5, 5.41) is 0.450. The van der Waals surface area contributed by atoms with Crippen LogP contribution in [0.3, 0.4) is 0 Å². The molecule has 3 heterocycles. The molecule has 3 aliphatic rings. The number of Topliss-reactive ketones (excluding diaryl/α,β-unsaturated/α-hetero) is 1. The number of ketones is 1. The zero-order chi connectivity index (χ0) is 20.3. The van der Waals surface area contributed by atoms with E-state index in [9.17, 15) is 14.4 Å². The Morgan fingerprint density at radius 3 is 2.41 bits per heavy atom. The normalized spacial score (nSPS) is 28.7. The van der Waals surface area contributed by atoms with Crippen LogP contribution in [0.4, 0.5) is 5.69 Å². The number of carbonyl (C=O) groups is 3. The van der Waals surface area contributed by atoms with E-state index in [2.05, 4.69) is 4.90 Å². The van der Waals surface area contributed by atoms with Gasteiger partial charge in [0.25, 0.3) is 0 Å². The second kappa shape index (κ2) is 6.94. The van der Waals surface area contributed by atoms with Crippen LogP contribution in [0.2, 0.25) is 10.0 Å². The number of benzene rings is 2. The Morgan fingerprint density at radius 2 is 1.66 bits per heavy atom. The molecule has 0 radical (unpaired) electrons. The van der Waals surface area contributed by atoms with Gasteiger partial charge in [0.05, 0.1) is 33.6 Å². The summed E-state index contributed by atoms with van der Waals surface area (Å²) in [5.41, 5.74) is 0.849. The van der Waals surface area contributed by atoms with Crippen molar-refractivity contribution < 1.29 is 14.4 Å². The molecule has 4 atom stereocenters. The lowest BCUT2D eigenvalue weighted by molar-refractivity contribution is -0.123. The van der Waals surface area contributed by atoms with Crippen molar-refractivity contribution in [3.05, 3.63) is 64.1 Å². The third kappa shape index (κ3) is 2.68. The third-order valence-electron chi connectivity index (χ3n) is 6.35. The van der Waals surface area contributed by atoms with Gasteiger partial charge in [0, 0.05) is 11.6 Å². The molecule has 3 saturated heterocycles. The van der Waals surface area contributed by atoms with Crippen molar-refractivity contribution in [3.63, 3.8) is 0 Å². The molecule has 3 aliphatic heterocycles. The van der Waals surface area contributed by atoms with E-state index >= 15 is 0 Å². The molecule has 0 bridgehead atoms. The number of fused-ring (bicyclic) bond motifs is 3. The quantitative estimate of drug-likeness (QED) is 0.550. The fraction of sp³-hybridized carbons (Fsp3) is 0.318. The van der Waals surface area contributed by atoms with Crippen LogP contribution in [0.5, 0.6) is 0 Å². The van der Waals surface area contributed by atoms with Crippen molar-refractivity contribution >= 4 is 46.5 Å². The minimum Gasteiger partial charge on any atom is -0.292 e. The second-order valence-corrected chi connectivity index (χ2v) is 8.54. The number of nitrogens with zero attached hydrogens (tertiary/aromatic N) is 2. The molecule has 0 aromatic heterocycles. The summed E-state index contributed by atoms with van der Waals surface area (Å²) in [6, 6.07) is 13.1. The molecular formula is C22H18Cl2N2O3. The minimum absolute atomic E-state index is 0.0999. The lowest BCUT2D eigenvalue weighted by atomic mass is 9.85. The van der Waals surface area contributed by atoms with E-state index in [0.29, 0.717) is 11.3 Å². The number of halogens is 2. The van der Waals surface area contributed by atoms with Crippen LogP contribution < -0.4 is 4.90 Å². The first-order chi connectivity index (χ1) is 14.0. The Hall–Kier alpha value is -2.21. The summed E-state index contributed by atoms with van der Waals surface area (Å²) in [6.07, 6.45) is 1.71. The maximum atomic E-state index is 13.5. The number of carbonyl (C=O) groups excluding carboxylic acids is 3. The van der Waals surface area contributed by atoms with Gasteiger partial charge in [-0.2, -0.15) is 0 Å². The first-order valence-electron chi connectivity index (χ1n) is 9.67. The van der Waals surface area contributed by atoms with Gasteiger partial charge < -0.3 is 0 Å². The molecule has 0 aliphatic carbocycles. The van der Waals surface area contributed by atoms with Crippen molar-refractivity contribution in [1.82, 2.24) is 4.90 Å². The summed E-state index contributed by atoms with van der Waals surface area (Å²) in [4.78, 5) is 43.4. The van der Waals surface area contributed by atoms with Gasteiger partial charge in [0.1, 0.15) is 0 Å². The minimum atomic E-state index is -0.699. The molecule has 0 spiro atoms. The summed E-state index contributed by atoms with van der Waals surface area (Å²) in [5.74, 6) is -1.99. The number of rotatable bonds is 3. The molecule has 7 heteroatoms. The standard InChI is InChI=1S/C22H18Cl2N2O3/c23-13-8-4-9-15(18(13)24)26-21(28)16-14-10-5-11-25(14)19(17(16)22(26)29)20(27)12-6-2-1-3-7-12/h1-4,6-9,14,16-17,19H,5,10-11H2/t14-,16-,17-,19+/m1/s1. The smallest absolute Gasteiger partial charge is 0.239 e. The van der Waals surface area contributed by atoms with Gasteiger partial charge in [0.15, 0.2) is 5.78 Å². The van der Waals surface area contributed by atoms with Crippen LogP contribution in [-0.4, -0.2) is 41.1 Å². The molecule has 2 aromatic rings. The van der Waals surface area contributed by atoms with Crippen molar-refractivity contribution in [3.8, 4) is 0 Å². The molecule has 5 nitrogen and oxygen atoms in total. The summed E-state index contributed by atoms with van der Waals surface area (Å²) in [7, 11) is 0. The average molecular weight is 429 g/mol. The fourth-order valence-electron chi connectivity index (χ4n) is 5.19. The van der Waals surface area contributed by atoms with Gasteiger partial charge in [0.2, 0.25) is 11.8 Å². The maximum absolute atomic E-state index is 13.5. The predicted molar refractivity (Wildman–Crippen MR) is 110 cm³/mol. The van der Waals surface area contributed by atoms with Crippen LogP contribution in [0.25, 0.3) is 0 Å². The van der Waals surface area contributed by atoms with E-state index in [4.69, 9.17) is 23.2 Å². The Kier molecular flexibility index (Phi) is 4.50. The van der Waals surface area contributed by atoms with Crippen LogP contribution in [-0.2, 0) is 9.59 Å². The van der Waals surface area contributed by atoms with E-state index in [0.717, 1.165) is 24.3 Å². The van der Waals surface area contributed by atoms with Gasteiger partial charge in [-0.1, -0.05) is 59.6 Å². The highest BCUT2D eigenvalue weighted by atomic mass is 35.5. The van der Waals surface area contributed by atoms with E-state index in [1.807, 2.05) is 6.07 Å². The largest absolute Gasteiger partial charge is 0.292 e. The molecule has 148 valence electrons.